The molecule has 0 aliphatic carbocycles. The van der Waals surface area contributed by atoms with Crippen molar-refractivity contribution in [3.05, 3.63) is 87.7 Å². The minimum absolute atomic E-state index is 0.0824. The Hall–Kier alpha value is -3.58. The van der Waals surface area contributed by atoms with Crippen LogP contribution in [0.3, 0.4) is 0 Å². The van der Waals surface area contributed by atoms with Gasteiger partial charge in [0.05, 0.1) is 5.69 Å². The Kier molecular flexibility index (Phi) is 6.23. The molecule has 3 aromatic rings. The summed E-state index contributed by atoms with van der Waals surface area (Å²) >= 11 is 0. The Balaban J connectivity index is 2.02. The normalized spacial score (nSPS) is 11.3. The standard InChI is InChI=1S/C26H27N3O/c1-6-21-12-9-11-18(3)25(21)29-19(4)14-22(20(29)5)15-23(16-27)26(30)28-24-13-8-7-10-17(24)2/h7-15H,6H2,1-5H3,(H,28,30)/b23-15-. The number of carbonyl (C=O) groups excluding carboxylic acids is 1. The molecule has 3 rings (SSSR count). The second-order valence-electron chi connectivity index (χ2n) is 7.54. The van der Waals surface area contributed by atoms with Crippen molar-refractivity contribution >= 4 is 17.7 Å². The summed E-state index contributed by atoms with van der Waals surface area (Å²) in [7, 11) is 0. The summed E-state index contributed by atoms with van der Waals surface area (Å²) in [5.41, 5.74) is 8.34. The predicted molar refractivity (Wildman–Crippen MR) is 123 cm³/mol. The van der Waals surface area contributed by atoms with Crippen molar-refractivity contribution in [2.24, 2.45) is 0 Å². The predicted octanol–water partition coefficient (Wildman–Crippen LogP) is 5.82. The molecule has 0 aliphatic heterocycles. The SMILES string of the molecule is CCc1cccc(C)c1-n1c(C)cc(/C=C(/C#N)C(=O)Nc2ccccc2C)c1C. The highest BCUT2D eigenvalue weighted by molar-refractivity contribution is 6.10. The molecule has 0 fully saturated rings. The van der Waals surface area contributed by atoms with Gasteiger partial charge in [-0.25, -0.2) is 0 Å². The maximum Gasteiger partial charge on any atom is 0.266 e. The molecule has 0 saturated heterocycles. The Morgan fingerprint density at radius 2 is 1.77 bits per heavy atom. The molecule has 0 saturated carbocycles. The first-order valence-electron chi connectivity index (χ1n) is 10.1. The molecule has 30 heavy (non-hydrogen) atoms. The van der Waals surface area contributed by atoms with Crippen LogP contribution < -0.4 is 5.32 Å². The van der Waals surface area contributed by atoms with Crippen molar-refractivity contribution in [3.63, 3.8) is 0 Å². The molecular weight excluding hydrogens is 370 g/mol. The molecule has 4 nitrogen and oxygen atoms in total. The Labute approximate surface area is 178 Å². The smallest absolute Gasteiger partial charge is 0.266 e. The van der Waals surface area contributed by atoms with Crippen LogP contribution in [0.15, 0.2) is 54.1 Å². The molecule has 1 heterocycles. The minimum atomic E-state index is -0.401. The van der Waals surface area contributed by atoms with Crippen molar-refractivity contribution in [2.75, 3.05) is 5.32 Å². The minimum Gasteiger partial charge on any atom is -0.321 e. The molecule has 1 N–H and O–H groups in total. The van der Waals surface area contributed by atoms with E-state index in [0.29, 0.717) is 5.69 Å². The summed E-state index contributed by atoms with van der Waals surface area (Å²) in [6, 6.07) is 18.0. The van der Waals surface area contributed by atoms with Crippen LogP contribution in [0.25, 0.3) is 11.8 Å². The van der Waals surface area contributed by atoms with Gasteiger partial charge in [-0.15, -0.1) is 0 Å². The van der Waals surface area contributed by atoms with E-state index in [9.17, 15) is 10.1 Å². The first-order chi connectivity index (χ1) is 14.4. The second kappa shape index (κ2) is 8.84. The Morgan fingerprint density at radius 3 is 2.43 bits per heavy atom. The summed E-state index contributed by atoms with van der Waals surface area (Å²) in [5.74, 6) is -0.401. The van der Waals surface area contributed by atoms with Crippen LogP contribution in [-0.4, -0.2) is 10.5 Å². The second-order valence-corrected chi connectivity index (χ2v) is 7.54. The third-order valence-corrected chi connectivity index (χ3v) is 5.45. The average Bonchev–Trinajstić information content (AvgIpc) is 3.00. The van der Waals surface area contributed by atoms with Crippen LogP contribution in [0.4, 0.5) is 5.69 Å². The topological polar surface area (TPSA) is 57.8 Å². The number of anilines is 1. The van der Waals surface area contributed by atoms with Crippen molar-refractivity contribution in [1.82, 2.24) is 4.57 Å². The molecule has 0 radical (unpaired) electrons. The first-order valence-corrected chi connectivity index (χ1v) is 10.1. The van der Waals surface area contributed by atoms with Gasteiger partial charge in [0.25, 0.3) is 5.91 Å². The number of benzene rings is 2. The van der Waals surface area contributed by atoms with Gasteiger partial charge < -0.3 is 9.88 Å². The quantitative estimate of drug-likeness (QED) is 0.436. The Morgan fingerprint density at radius 1 is 1.07 bits per heavy atom. The third-order valence-electron chi connectivity index (χ3n) is 5.45. The molecule has 0 atom stereocenters. The lowest BCUT2D eigenvalue weighted by Crippen LogP contribution is -2.14. The van der Waals surface area contributed by atoms with Crippen molar-refractivity contribution in [3.8, 4) is 11.8 Å². The zero-order chi connectivity index (χ0) is 21.8. The summed E-state index contributed by atoms with van der Waals surface area (Å²) in [6.45, 7) is 10.3. The summed E-state index contributed by atoms with van der Waals surface area (Å²) in [4.78, 5) is 12.7. The van der Waals surface area contributed by atoms with Crippen LogP contribution >= 0.6 is 0 Å². The average molecular weight is 398 g/mol. The molecule has 0 aliphatic rings. The molecule has 0 spiro atoms. The summed E-state index contributed by atoms with van der Waals surface area (Å²) < 4.78 is 2.22. The van der Waals surface area contributed by atoms with E-state index in [2.05, 4.69) is 54.9 Å². The van der Waals surface area contributed by atoms with E-state index < -0.39 is 5.91 Å². The largest absolute Gasteiger partial charge is 0.321 e. The number of nitrogens with one attached hydrogen (secondary N) is 1. The molecular formula is C26H27N3O. The van der Waals surface area contributed by atoms with E-state index in [-0.39, 0.29) is 5.57 Å². The third kappa shape index (κ3) is 4.06. The van der Waals surface area contributed by atoms with Gasteiger partial charge in [0.2, 0.25) is 0 Å². The number of aromatic nitrogens is 1. The van der Waals surface area contributed by atoms with Gasteiger partial charge in [0, 0.05) is 17.1 Å². The van der Waals surface area contributed by atoms with Crippen molar-refractivity contribution < 1.29 is 4.79 Å². The van der Waals surface area contributed by atoms with Crippen molar-refractivity contribution in [1.29, 1.82) is 5.26 Å². The van der Waals surface area contributed by atoms with E-state index in [4.69, 9.17) is 0 Å². The van der Waals surface area contributed by atoms with Crippen LogP contribution in [0.1, 0.15) is 40.6 Å². The maximum atomic E-state index is 12.7. The highest BCUT2D eigenvalue weighted by Gasteiger charge is 2.16. The van der Waals surface area contributed by atoms with E-state index in [1.807, 2.05) is 44.2 Å². The van der Waals surface area contributed by atoms with E-state index in [1.54, 1.807) is 6.08 Å². The van der Waals surface area contributed by atoms with Gasteiger partial charge in [0.15, 0.2) is 0 Å². The summed E-state index contributed by atoms with van der Waals surface area (Å²) in [5, 5.41) is 12.5. The highest BCUT2D eigenvalue weighted by Crippen LogP contribution is 2.28. The highest BCUT2D eigenvalue weighted by atomic mass is 16.1. The lowest BCUT2D eigenvalue weighted by molar-refractivity contribution is -0.112. The van der Waals surface area contributed by atoms with Crippen LogP contribution in [0.2, 0.25) is 0 Å². The molecule has 152 valence electrons. The number of nitriles is 1. The number of para-hydroxylation sites is 2. The van der Waals surface area contributed by atoms with Crippen LogP contribution in [0.5, 0.6) is 0 Å². The van der Waals surface area contributed by atoms with Gasteiger partial charge >= 0.3 is 0 Å². The fraction of sp³-hybridized carbons (Fsp3) is 0.231. The molecule has 1 aromatic heterocycles. The number of hydrogen-bond donors (Lipinski definition) is 1. The van der Waals surface area contributed by atoms with Crippen LogP contribution in [-0.2, 0) is 11.2 Å². The summed E-state index contributed by atoms with van der Waals surface area (Å²) in [6.07, 6.45) is 2.61. The number of rotatable bonds is 5. The van der Waals surface area contributed by atoms with Crippen molar-refractivity contribution in [2.45, 2.75) is 41.0 Å². The Bertz CT molecular complexity index is 1180. The lowest BCUT2D eigenvalue weighted by atomic mass is 10.1. The first kappa shape index (κ1) is 21.1. The zero-order valence-electron chi connectivity index (χ0n) is 18.2. The van der Waals surface area contributed by atoms with Gasteiger partial charge in [-0.3, -0.25) is 4.79 Å². The number of nitrogens with zero attached hydrogens (tertiary/aromatic N) is 2. The molecule has 2 aromatic carbocycles. The number of carbonyl (C=O) groups is 1. The number of amides is 1. The monoisotopic (exact) mass is 397 g/mol. The van der Waals surface area contributed by atoms with E-state index in [1.165, 1.54) is 16.8 Å². The lowest BCUT2D eigenvalue weighted by Gasteiger charge is -2.17. The fourth-order valence-corrected chi connectivity index (χ4v) is 3.81. The van der Waals surface area contributed by atoms with E-state index >= 15 is 0 Å². The van der Waals surface area contributed by atoms with Crippen LogP contribution in [0, 0.1) is 39.0 Å². The fourth-order valence-electron chi connectivity index (χ4n) is 3.81. The van der Waals surface area contributed by atoms with Gasteiger partial charge in [-0.2, -0.15) is 5.26 Å². The molecule has 0 unspecified atom stereocenters. The zero-order valence-corrected chi connectivity index (χ0v) is 18.2. The number of hydrogen-bond acceptors (Lipinski definition) is 2. The maximum absolute atomic E-state index is 12.7. The molecule has 1 amide bonds. The van der Waals surface area contributed by atoms with Gasteiger partial charge in [-0.05, 0) is 74.6 Å². The molecule has 0 bridgehead atoms. The van der Waals surface area contributed by atoms with E-state index in [0.717, 1.165) is 28.9 Å². The van der Waals surface area contributed by atoms with Gasteiger partial charge in [-0.1, -0.05) is 43.3 Å². The number of aryl methyl sites for hydroxylation is 4. The van der Waals surface area contributed by atoms with Gasteiger partial charge in [0.1, 0.15) is 11.6 Å². The molecule has 4 heteroatoms.